The Balaban J connectivity index is 1.66. The Morgan fingerprint density at radius 2 is 2.10 bits per heavy atom. The molecular weight excluding hydrogens is 401 g/mol. The predicted molar refractivity (Wildman–Crippen MR) is 109 cm³/mol. The summed E-state index contributed by atoms with van der Waals surface area (Å²) in [5.74, 6) is 0.409. The lowest BCUT2D eigenvalue weighted by Gasteiger charge is -2.11. The molecule has 0 saturated carbocycles. The van der Waals surface area contributed by atoms with Gasteiger partial charge in [0.15, 0.2) is 23.0 Å². The molecule has 0 spiro atoms. The maximum Gasteiger partial charge on any atom is 0.271 e. The van der Waals surface area contributed by atoms with Crippen molar-refractivity contribution in [2.75, 3.05) is 13.2 Å². The van der Waals surface area contributed by atoms with Crippen molar-refractivity contribution in [3.63, 3.8) is 0 Å². The molecule has 158 valence electrons. The summed E-state index contributed by atoms with van der Waals surface area (Å²) >= 11 is 0. The second-order valence-corrected chi connectivity index (χ2v) is 7.37. The molecule has 0 aromatic carbocycles. The smallest absolute Gasteiger partial charge is 0.271 e. The third-order valence-corrected chi connectivity index (χ3v) is 5.34. The number of halogens is 1. The first kappa shape index (κ1) is 19.3. The number of carbonyl (C=O) groups is 1. The van der Waals surface area contributed by atoms with Crippen LogP contribution in [0.5, 0.6) is 0 Å². The molecule has 9 nitrogen and oxygen atoms in total. The molecule has 0 bridgehead atoms. The third kappa shape index (κ3) is 3.25. The average molecular weight is 421 g/mol. The van der Waals surface area contributed by atoms with Crippen molar-refractivity contribution in [3.05, 3.63) is 59.1 Å². The number of hydrogen-bond donors (Lipinski definition) is 2. The molecule has 2 N–H and O–H groups in total. The summed E-state index contributed by atoms with van der Waals surface area (Å²) in [6.07, 6.45) is 4.15. The molecule has 1 aliphatic carbocycles. The zero-order valence-corrected chi connectivity index (χ0v) is 16.8. The highest BCUT2D eigenvalue weighted by Gasteiger charge is 2.25. The van der Waals surface area contributed by atoms with Crippen LogP contribution in [0.2, 0.25) is 0 Å². The van der Waals surface area contributed by atoms with E-state index in [0.717, 1.165) is 30.7 Å². The van der Waals surface area contributed by atoms with Crippen LogP contribution in [0.3, 0.4) is 0 Å². The quantitative estimate of drug-likeness (QED) is 0.507. The van der Waals surface area contributed by atoms with Gasteiger partial charge in [-0.3, -0.25) is 9.36 Å². The number of amides is 1. The molecule has 0 radical (unpaired) electrons. The van der Waals surface area contributed by atoms with E-state index in [9.17, 15) is 9.18 Å². The third-order valence-electron chi connectivity index (χ3n) is 5.34. The van der Waals surface area contributed by atoms with Crippen molar-refractivity contribution in [2.45, 2.75) is 26.2 Å². The molecule has 0 unspecified atom stereocenters. The Morgan fingerprint density at radius 1 is 1.23 bits per heavy atom. The lowest BCUT2D eigenvalue weighted by atomic mass is 10.2. The van der Waals surface area contributed by atoms with Crippen molar-refractivity contribution in [1.82, 2.24) is 34.4 Å². The fourth-order valence-corrected chi connectivity index (χ4v) is 3.86. The fourth-order valence-electron chi connectivity index (χ4n) is 3.86. The van der Waals surface area contributed by atoms with Crippen LogP contribution >= 0.6 is 0 Å². The second kappa shape index (κ2) is 7.55. The molecule has 0 saturated heterocycles. The Labute approximate surface area is 176 Å². The number of aliphatic hydroxyl groups is 1. The first-order valence-electron chi connectivity index (χ1n) is 10.0. The van der Waals surface area contributed by atoms with E-state index >= 15 is 0 Å². The minimum Gasteiger partial charge on any atom is -0.395 e. The maximum atomic E-state index is 13.8. The van der Waals surface area contributed by atoms with Crippen LogP contribution < -0.4 is 5.32 Å². The number of pyridine rings is 1. The van der Waals surface area contributed by atoms with Crippen LogP contribution in [0.15, 0.2) is 30.5 Å². The Hall–Kier alpha value is -3.66. The van der Waals surface area contributed by atoms with Crippen molar-refractivity contribution >= 4 is 11.6 Å². The fraction of sp³-hybridized carbons (Fsp3) is 0.286. The molecule has 31 heavy (non-hydrogen) atoms. The second-order valence-electron chi connectivity index (χ2n) is 7.37. The van der Waals surface area contributed by atoms with Crippen LogP contribution in [0, 0.1) is 12.7 Å². The number of hydrogen-bond acceptors (Lipinski definition) is 6. The largest absolute Gasteiger partial charge is 0.395 e. The van der Waals surface area contributed by atoms with E-state index in [4.69, 9.17) is 10.1 Å². The Bertz CT molecular complexity index is 1310. The highest BCUT2D eigenvalue weighted by atomic mass is 19.1. The van der Waals surface area contributed by atoms with Gasteiger partial charge in [0.1, 0.15) is 11.5 Å². The Morgan fingerprint density at radius 3 is 2.90 bits per heavy atom. The summed E-state index contributed by atoms with van der Waals surface area (Å²) in [5.41, 5.74) is 3.66. The lowest BCUT2D eigenvalue weighted by molar-refractivity contribution is 0.0937. The van der Waals surface area contributed by atoms with Gasteiger partial charge < -0.3 is 10.4 Å². The van der Waals surface area contributed by atoms with Crippen LogP contribution in [-0.4, -0.2) is 53.3 Å². The van der Waals surface area contributed by atoms with Crippen LogP contribution in [0.1, 0.15) is 34.0 Å². The van der Waals surface area contributed by atoms with Gasteiger partial charge in [-0.05, 0) is 50.5 Å². The maximum absolute atomic E-state index is 13.8. The Kier molecular flexibility index (Phi) is 4.70. The number of nitrogens with zero attached hydrogens (tertiary/aromatic N) is 6. The van der Waals surface area contributed by atoms with Crippen molar-refractivity contribution < 1.29 is 14.3 Å². The molecule has 4 heterocycles. The molecule has 0 aliphatic heterocycles. The topological polar surface area (TPSA) is 110 Å². The van der Waals surface area contributed by atoms with Gasteiger partial charge in [-0.15, -0.1) is 5.10 Å². The summed E-state index contributed by atoms with van der Waals surface area (Å²) in [4.78, 5) is 25.8. The molecule has 10 heteroatoms. The molecule has 1 aliphatic rings. The summed E-state index contributed by atoms with van der Waals surface area (Å²) in [5, 5.41) is 16.2. The van der Waals surface area contributed by atoms with Crippen LogP contribution in [0.25, 0.3) is 23.0 Å². The van der Waals surface area contributed by atoms with E-state index in [1.807, 2.05) is 10.6 Å². The summed E-state index contributed by atoms with van der Waals surface area (Å²) in [6, 6.07) is 6.59. The first-order chi connectivity index (χ1) is 15.1. The zero-order chi connectivity index (χ0) is 21.5. The van der Waals surface area contributed by atoms with E-state index in [2.05, 4.69) is 20.4 Å². The number of fused-ring (bicyclic) bond motifs is 2. The molecule has 4 aromatic rings. The van der Waals surface area contributed by atoms with Crippen molar-refractivity contribution in [2.24, 2.45) is 0 Å². The van der Waals surface area contributed by atoms with E-state index in [1.54, 1.807) is 19.1 Å². The number of carbonyl (C=O) groups excluding carboxylic acids is 1. The molecule has 0 fully saturated rings. The van der Waals surface area contributed by atoms with Crippen molar-refractivity contribution in [1.29, 1.82) is 0 Å². The SMILES string of the molecule is Cc1nc(-c2nc3c(n2-c2ccc4ncc(C(=O)NCCO)n4n2)CCC3)ccc1F. The minimum absolute atomic E-state index is 0.139. The number of imidazole rings is 2. The highest BCUT2D eigenvalue weighted by molar-refractivity contribution is 5.93. The van der Waals surface area contributed by atoms with Gasteiger partial charge in [-0.2, -0.15) is 0 Å². The molecule has 4 aromatic heterocycles. The summed E-state index contributed by atoms with van der Waals surface area (Å²) in [6.45, 7) is 1.60. The number of nitrogens with one attached hydrogen (secondary N) is 1. The van der Waals surface area contributed by atoms with E-state index in [1.165, 1.54) is 16.8 Å². The number of aryl methyl sites for hydroxylation is 2. The molecular formula is C21H20FN7O2. The molecule has 0 atom stereocenters. The highest BCUT2D eigenvalue weighted by Crippen LogP contribution is 2.30. The van der Waals surface area contributed by atoms with Gasteiger partial charge in [0.2, 0.25) is 0 Å². The van der Waals surface area contributed by atoms with E-state index in [0.29, 0.717) is 28.7 Å². The van der Waals surface area contributed by atoms with Crippen LogP contribution in [0.4, 0.5) is 4.39 Å². The van der Waals surface area contributed by atoms with E-state index < -0.39 is 0 Å². The van der Waals surface area contributed by atoms with Gasteiger partial charge in [0.25, 0.3) is 5.91 Å². The monoisotopic (exact) mass is 421 g/mol. The predicted octanol–water partition coefficient (Wildman–Crippen LogP) is 1.64. The van der Waals surface area contributed by atoms with Gasteiger partial charge >= 0.3 is 0 Å². The van der Waals surface area contributed by atoms with Gasteiger partial charge in [-0.1, -0.05) is 0 Å². The normalized spacial score (nSPS) is 13.0. The number of aliphatic hydroxyl groups excluding tert-OH is 1. The number of rotatable bonds is 5. The van der Waals surface area contributed by atoms with Gasteiger partial charge in [-0.25, -0.2) is 23.9 Å². The minimum atomic E-state index is -0.377. The van der Waals surface area contributed by atoms with Gasteiger partial charge in [0, 0.05) is 12.2 Å². The molecule has 1 amide bonds. The first-order valence-corrected chi connectivity index (χ1v) is 10.0. The standard InChI is InChI=1S/C21H20FN7O2/c1-12-13(22)5-6-15(25-12)20-26-14-3-2-4-16(14)28(20)19-8-7-18-24-11-17(29(18)27-19)21(31)23-9-10-30/h5-8,11,30H,2-4,9-10H2,1H3,(H,23,31). The summed E-state index contributed by atoms with van der Waals surface area (Å²) in [7, 11) is 0. The van der Waals surface area contributed by atoms with Crippen molar-refractivity contribution in [3.8, 4) is 17.3 Å². The van der Waals surface area contributed by atoms with E-state index in [-0.39, 0.29) is 30.6 Å². The zero-order valence-electron chi connectivity index (χ0n) is 16.8. The summed E-state index contributed by atoms with van der Waals surface area (Å²) < 4.78 is 17.2. The lowest BCUT2D eigenvalue weighted by Crippen LogP contribution is -2.27. The average Bonchev–Trinajstić information content (AvgIpc) is 3.47. The number of aromatic nitrogens is 6. The van der Waals surface area contributed by atoms with Gasteiger partial charge in [0.05, 0.1) is 24.2 Å². The van der Waals surface area contributed by atoms with Crippen LogP contribution in [-0.2, 0) is 12.8 Å². The molecule has 5 rings (SSSR count).